The maximum atomic E-state index is 11.0. The maximum absolute atomic E-state index is 11.0. The van der Waals surface area contributed by atoms with Gasteiger partial charge in [0.05, 0.1) is 0 Å². The standard InChI is InChI=1S/C13H17NOS/c1-4-13(15)14-11(3)9-16-12-7-5-10(2)6-8-12/h4-8,11H,1,9H2,2-3H3,(H,14,15). The molecule has 0 aliphatic heterocycles. The Kier molecular flexibility index (Phi) is 5.12. The number of thioether (sulfide) groups is 1. The van der Waals surface area contributed by atoms with Crippen molar-refractivity contribution in [2.45, 2.75) is 24.8 Å². The Morgan fingerprint density at radius 3 is 2.69 bits per heavy atom. The molecule has 0 radical (unpaired) electrons. The first-order valence-electron chi connectivity index (χ1n) is 5.24. The number of amides is 1. The number of aryl methyl sites for hydroxylation is 1. The van der Waals surface area contributed by atoms with Crippen molar-refractivity contribution < 1.29 is 4.79 Å². The average Bonchev–Trinajstić information content (AvgIpc) is 2.28. The first kappa shape index (κ1) is 12.8. The van der Waals surface area contributed by atoms with Crippen molar-refractivity contribution in [1.29, 1.82) is 0 Å². The van der Waals surface area contributed by atoms with Crippen LogP contribution >= 0.6 is 11.8 Å². The lowest BCUT2D eigenvalue weighted by Gasteiger charge is -2.11. The van der Waals surface area contributed by atoms with Crippen molar-refractivity contribution in [1.82, 2.24) is 5.32 Å². The van der Waals surface area contributed by atoms with Crippen LogP contribution in [0, 0.1) is 6.92 Å². The minimum Gasteiger partial charge on any atom is -0.349 e. The molecule has 0 aliphatic carbocycles. The van der Waals surface area contributed by atoms with Gasteiger partial charge in [-0.15, -0.1) is 11.8 Å². The van der Waals surface area contributed by atoms with Crippen LogP contribution in [0.2, 0.25) is 0 Å². The summed E-state index contributed by atoms with van der Waals surface area (Å²) in [4.78, 5) is 12.3. The molecule has 1 N–H and O–H groups in total. The smallest absolute Gasteiger partial charge is 0.243 e. The van der Waals surface area contributed by atoms with E-state index in [1.807, 2.05) is 6.92 Å². The number of carbonyl (C=O) groups is 1. The van der Waals surface area contributed by atoms with E-state index in [0.717, 1.165) is 5.75 Å². The zero-order chi connectivity index (χ0) is 12.0. The topological polar surface area (TPSA) is 29.1 Å². The lowest BCUT2D eigenvalue weighted by atomic mass is 10.2. The highest BCUT2D eigenvalue weighted by molar-refractivity contribution is 7.99. The minimum atomic E-state index is -0.114. The fraction of sp³-hybridized carbons (Fsp3) is 0.308. The van der Waals surface area contributed by atoms with E-state index in [-0.39, 0.29) is 11.9 Å². The van der Waals surface area contributed by atoms with Gasteiger partial charge in [-0.1, -0.05) is 24.3 Å². The van der Waals surface area contributed by atoms with Gasteiger partial charge in [-0.05, 0) is 32.1 Å². The third kappa shape index (κ3) is 4.53. The summed E-state index contributed by atoms with van der Waals surface area (Å²) in [5.74, 6) is 0.750. The Bertz CT molecular complexity index is 359. The molecule has 2 nitrogen and oxygen atoms in total. The number of benzene rings is 1. The van der Waals surface area contributed by atoms with E-state index in [9.17, 15) is 4.79 Å². The maximum Gasteiger partial charge on any atom is 0.243 e. The summed E-state index contributed by atoms with van der Waals surface area (Å²) >= 11 is 1.74. The van der Waals surface area contributed by atoms with Gasteiger partial charge in [-0.3, -0.25) is 4.79 Å². The van der Waals surface area contributed by atoms with Crippen LogP contribution in [0.3, 0.4) is 0 Å². The molecule has 0 heterocycles. The molecule has 0 bridgehead atoms. The molecule has 3 heteroatoms. The predicted octanol–water partition coefficient (Wildman–Crippen LogP) is 2.78. The Hall–Kier alpha value is -1.22. The van der Waals surface area contributed by atoms with Gasteiger partial charge in [-0.2, -0.15) is 0 Å². The zero-order valence-corrected chi connectivity index (χ0v) is 10.5. The Morgan fingerprint density at radius 1 is 1.50 bits per heavy atom. The Balaban J connectivity index is 2.36. The summed E-state index contributed by atoms with van der Waals surface area (Å²) < 4.78 is 0. The molecule has 1 amide bonds. The number of nitrogens with one attached hydrogen (secondary N) is 1. The predicted molar refractivity (Wildman–Crippen MR) is 69.7 cm³/mol. The summed E-state index contributed by atoms with van der Waals surface area (Å²) in [7, 11) is 0. The van der Waals surface area contributed by atoms with Crippen molar-refractivity contribution in [3.05, 3.63) is 42.5 Å². The SMILES string of the molecule is C=CC(=O)NC(C)CSc1ccc(C)cc1. The minimum absolute atomic E-state index is 0.114. The van der Waals surface area contributed by atoms with Gasteiger partial charge in [-0.25, -0.2) is 0 Å². The van der Waals surface area contributed by atoms with Gasteiger partial charge in [0, 0.05) is 16.7 Å². The number of hydrogen-bond donors (Lipinski definition) is 1. The van der Waals surface area contributed by atoms with E-state index in [1.54, 1.807) is 11.8 Å². The quantitative estimate of drug-likeness (QED) is 0.628. The van der Waals surface area contributed by atoms with Gasteiger partial charge >= 0.3 is 0 Å². The summed E-state index contributed by atoms with van der Waals surface area (Å²) in [5, 5.41) is 2.83. The molecule has 1 aromatic carbocycles. The van der Waals surface area contributed by atoms with Crippen molar-refractivity contribution in [3.8, 4) is 0 Å². The molecule has 0 fully saturated rings. The van der Waals surface area contributed by atoms with E-state index in [1.165, 1.54) is 16.5 Å². The number of carbonyl (C=O) groups excluding carboxylic acids is 1. The van der Waals surface area contributed by atoms with E-state index < -0.39 is 0 Å². The van der Waals surface area contributed by atoms with Crippen LogP contribution in [0.25, 0.3) is 0 Å². The Morgan fingerprint density at radius 2 is 2.12 bits per heavy atom. The molecule has 1 aromatic rings. The number of hydrogen-bond acceptors (Lipinski definition) is 2. The van der Waals surface area contributed by atoms with Gasteiger partial charge in [0.25, 0.3) is 0 Å². The molecule has 0 spiro atoms. The second-order valence-corrected chi connectivity index (χ2v) is 4.83. The molecular formula is C13H17NOS. The highest BCUT2D eigenvalue weighted by Gasteiger charge is 2.04. The van der Waals surface area contributed by atoms with Gasteiger partial charge < -0.3 is 5.32 Å². The monoisotopic (exact) mass is 235 g/mol. The first-order chi connectivity index (χ1) is 7.61. The van der Waals surface area contributed by atoms with Crippen LogP contribution < -0.4 is 5.32 Å². The van der Waals surface area contributed by atoms with Crippen LogP contribution in [-0.2, 0) is 4.79 Å². The summed E-state index contributed by atoms with van der Waals surface area (Å²) in [6.45, 7) is 7.48. The van der Waals surface area contributed by atoms with E-state index in [0.29, 0.717) is 0 Å². The fourth-order valence-corrected chi connectivity index (χ4v) is 2.05. The van der Waals surface area contributed by atoms with Crippen LogP contribution in [0.4, 0.5) is 0 Å². The largest absolute Gasteiger partial charge is 0.349 e. The van der Waals surface area contributed by atoms with Gasteiger partial charge in [0.1, 0.15) is 0 Å². The lowest BCUT2D eigenvalue weighted by molar-refractivity contribution is -0.116. The lowest BCUT2D eigenvalue weighted by Crippen LogP contribution is -2.32. The molecule has 0 saturated heterocycles. The second kappa shape index (κ2) is 6.38. The van der Waals surface area contributed by atoms with Gasteiger partial charge in [0.15, 0.2) is 0 Å². The zero-order valence-electron chi connectivity index (χ0n) is 9.69. The van der Waals surface area contributed by atoms with E-state index >= 15 is 0 Å². The normalized spacial score (nSPS) is 11.9. The summed E-state index contributed by atoms with van der Waals surface area (Å²) in [6, 6.07) is 8.53. The second-order valence-electron chi connectivity index (χ2n) is 3.74. The van der Waals surface area contributed by atoms with Crippen molar-refractivity contribution in [2.24, 2.45) is 0 Å². The molecule has 0 aliphatic rings. The highest BCUT2D eigenvalue weighted by atomic mass is 32.2. The summed E-state index contributed by atoms with van der Waals surface area (Å²) in [5.41, 5.74) is 1.26. The fourth-order valence-electron chi connectivity index (χ4n) is 1.20. The number of rotatable bonds is 5. The van der Waals surface area contributed by atoms with Crippen molar-refractivity contribution >= 4 is 17.7 Å². The van der Waals surface area contributed by atoms with Crippen LogP contribution in [0.15, 0.2) is 41.8 Å². The van der Waals surface area contributed by atoms with E-state index in [2.05, 4.69) is 43.1 Å². The van der Waals surface area contributed by atoms with E-state index in [4.69, 9.17) is 0 Å². The molecular weight excluding hydrogens is 218 g/mol. The van der Waals surface area contributed by atoms with Crippen LogP contribution in [-0.4, -0.2) is 17.7 Å². The Labute approximate surface area is 101 Å². The third-order valence-corrected chi connectivity index (χ3v) is 3.37. The molecule has 16 heavy (non-hydrogen) atoms. The van der Waals surface area contributed by atoms with Crippen molar-refractivity contribution in [3.63, 3.8) is 0 Å². The molecule has 86 valence electrons. The first-order valence-corrected chi connectivity index (χ1v) is 6.23. The van der Waals surface area contributed by atoms with Gasteiger partial charge in [0.2, 0.25) is 5.91 Å². The average molecular weight is 235 g/mol. The molecule has 1 atom stereocenters. The van der Waals surface area contributed by atoms with Crippen LogP contribution in [0.5, 0.6) is 0 Å². The van der Waals surface area contributed by atoms with Crippen molar-refractivity contribution in [2.75, 3.05) is 5.75 Å². The molecule has 0 saturated carbocycles. The highest BCUT2D eigenvalue weighted by Crippen LogP contribution is 2.18. The molecule has 1 rings (SSSR count). The van der Waals surface area contributed by atoms with Crippen LogP contribution in [0.1, 0.15) is 12.5 Å². The third-order valence-electron chi connectivity index (χ3n) is 2.10. The molecule has 1 unspecified atom stereocenters. The molecule has 0 aromatic heterocycles. The summed E-state index contributed by atoms with van der Waals surface area (Å²) in [6.07, 6.45) is 1.30.